The van der Waals surface area contributed by atoms with E-state index < -0.39 is 5.82 Å². The third-order valence-corrected chi connectivity index (χ3v) is 3.11. The van der Waals surface area contributed by atoms with E-state index in [1.54, 1.807) is 50.4 Å². The Balaban J connectivity index is 2.27. The fraction of sp³-hybridized carbons (Fsp3) is 0.125. The van der Waals surface area contributed by atoms with E-state index in [0.29, 0.717) is 22.4 Å². The minimum atomic E-state index is -0.399. The summed E-state index contributed by atoms with van der Waals surface area (Å²) in [4.78, 5) is 13.7. The van der Waals surface area contributed by atoms with Crippen molar-refractivity contribution in [1.82, 2.24) is 0 Å². The third kappa shape index (κ3) is 2.67. The van der Waals surface area contributed by atoms with Crippen LogP contribution in [0.25, 0.3) is 0 Å². The second-order valence-electron chi connectivity index (χ2n) is 4.49. The molecule has 2 rings (SSSR count). The van der Waals surface area contributed by atoms with E-state index in [4.69, 9.17) is 5.26 Å². The van der Waals surface area contributed by atoms with Crippen molar-refractivity contribution in [2.75, 3.05) is 11.9 Å². The van der Waals surface area contributed by atoms with Crippen molar-refractivity contribution in [3.8, 4) is 6.07 Å². The van der Waals surface area contributed by atoms with E-state index in [1.807, 2.05) is 6.07 Å². The highest BCUT2D eigenvalue weighted by Gasteiger charge is 2.14. The molecule has 0 spiro atoms. The molecule has 0 aliphatic rings. The van der Waals surface area contributed by atoms with Crippen LogP contribution in [0.15, 0.2) is 42.5 Å². The molecule has 0 radical (unpaired) electrons. The van der Waals surface area contributed by atoms with Crippen molar-refractivity contribution in [2.24, 2.45) is 0 Å². The molecular weight excluding hydrogens is 255 g/mol. The minimum absolute atomic E-state index is 0.292. The lowest BCUT2D eigenvalue weighted by atomic mass is 10.1. The maximum atomic E-state index is 13.5. The number of aryl methyl sites for hydroxylation is 1. The second kappa shape index (κ2) is 5.54. The Morgan fingerprint density at radius 2 is 1.85 bits per heavy atom. The highest BCUT2D eigenvalue weighted by Crippen LogP contribution is 2.17. The van der Waals surface area contributed by atoms with Gasteiger partial charge in [-0.2, -0.15) is 5.26 Å². The van der Waals surface area contributed by atoms with Gasteiger partial charge in [0, 0.05) is 18.3 Å². The third-order valence-electron chi connectivity index (χ3n) is 3.11. The topological polar surface area (TPSA) is 44.1 Å². The SMILES string of the molecule is Cc1ccc(C(=O)N(C)c2ccc(C#N)cc2)cc1F. The number of anilines is 1. The molecule has 2 aromatic carbocycles. The highest BCUT2D eigenvalue weighted by molar-refractivity contribution is 6.05. The van der Waals surface area contributed by atoms with Crippen molar-refractivity contribution < 1.29 is 9.18 Å². The Bertz CT molecular complexity index is 687. The van der Waals surface area contributed by atoms with Crippen LogP contribution in [0.1, 0.15) is 21.5 Å². The van der Waals surface area contributed by atoms with Gasteiger partial charge in [-0.05, 0) is 48.9 Å². The number of hydrogen-bond donors (Lipinski definition) is 0. The molecule has 0 aliphatic carbocycles. The molecular formula is C16H13FN2O. The fourth-order valence-corrected chi connectivity index (χ4v) is 1.80. The number of halogens is 1. The zero-order valence-electron chi connectivity index (χ0n) is 11.2. The van der Waals surface area contributed by atoms with Crippen LogP contribution in [0.4, 0.5) is 10.1 Å². The largest absolute Gasteiger partial charge is 0.311 e. The summed E-state index contributed by atoms with van der Waals surface area (Å²) in [7, 11) is 1.61. The van der Waals surface area contributed by atoms with E-state index in [9.17, 15) is 9.18 Å². The normalized spacial score (nSPS) is 9.90. The summed E-state index contributed by atoms with van der Waals surface area (Å²) in [5.41, 5.74) is 1.97. The van der Waals surface area contributed by atoms with Crippen LogP contribution in [-0.4, -0.2) is 13.0 Å². The molecule has 3 nitrogen and oxygen atoms in total. The van der Waals surface area contributed by atoms with Gasteiger partial charge in [-0.1, -0.05) is 6.07 Å². The zero-order valence-corrected chi connectivity index (χ0v) is 11.2. The Labute approximate surface area is 116 Å². The Hall–Kier alpha value is -2.67. The zero-order chi connectivity index (χ0) is 14.7. The van der Waals surface area contributed by atoms with Gasteiger partial charge in [-0.3, -0.25) is 4.79 Å². The predicted octanol–water partition coefficient (Wildman–Crippen LogP) is 3.28. The number of carbonyl (C=O) groups excluding carboxylic acids is 1. The number of nitrogens with zero attached hydrogens (tertiary/aromatic N) is 2. The smallest absolute Gasteiger partial charge is 0.258 e. The van der Waals surface area contributed by atoms with Crippen molar-refractivity contribution in [3.05, 3.63) is 65.0 Å². The molecule has 0 fully saturated rings. The summed E-state index contributed by atoms with van der Waals surface area (Å²) >= 11 is 0. The molecule has 0 heterocycles. The van der Waals surface area contributed by atoms with Gasteiger partial charge in [-0.15, -0.1) is 0 Å². The van der Waals surface area contributed by atoms with Gasteiger partial charge in [0.25, 0.3) is 5.91 Å². The van der Waals surface area contributed by atoms with Crippen molar-refractivity contribution >= 4 is 11.6 Å². The molecule has 0 unspecified atom stereocenters. The lowest BCUT2D eigenvalue weighted by molar-refractivity contribution is 0.0992. The average molecular weight is 268 g/mol. The molecule has 2 aromatic rings. The number of rotatable bonds is 2. The Morgan fingerprint density at radius 1 is 1.20 bits per heavy atom. The Kier molecular flexibility index (Phi) is 3.81. The maximum absolute atomic E-state index is 13.5. The summed E-state index contributed by atoms with van der Waals surface area (Å²) in [6.45, 7) is 1.65. The lowest BCUT2D eigenvalue weighted by Crippen LogP contribution is -2.26. The van der Waals surface area contributed by atoms with Gasteiger partial charge in [0.15, 0.2) is 0 Å². The van der Waals surface area contributed by atoms with Crippen LogP contribution in [0.3, 0.4) is 0 Å². The van der Waals surface area contributed by atoms with Crippen LogP contribution in [-0.2, 0) is 0 Å². The summed E-state index contributed by atoms with van der Waals surface area (Å²) in [5.74, 6) is -0.697. The lowest BCUT2D eigenvalue weighted by Gasteiger charge is -2.17. The van der Waals surface area contributed by atoms with E-state index in [1.165, 1.54) is 11.0 Å². The number of amides is 1. The van der Waals surface area contributed by atoms with Crippen LogP contribution in [0, 0.1) is 24.1 Å². The Morgan fingerprint density at radius 3 is 2.40 bits per heavy atom. The summed E-state index contributed by atoms with van der Waals surface area (Å²) in [5, 5.41) is 8.74. The van der Waals surface area contributed by atoms with E-state index in [-0.39, 0.29) is 5.91 Å². The maximum Gasteiger partial charge on any atom is 0.258 e. The number of benzene rings is 2. The van der Waals surface area contributed by atoms with E-state index >= 15 is 0 Å². The van der Waals surface area contributed by atoms with Crippen LogP contribution in [0.5, 0.6) is 0 Å². The van der Waals surface area contributed by atoms with Crippen molar-refractivity contribution in [1.29, 1.82) is 5.26 Å². The molecule has 0 saturated carbocycles. The first-order valence-corrected chi connectivity index (χ1v) is 6.07. The monoisotopic (exact) mass is 268 g/mol. The van der Waals surface area contributed by atoms with E-state index in [2.05, 4.69) is 0 Å². The van der Waals surface area contributed by atoms with Crippen LogP contribution in [0.2, 0.25) is 0 Å². The van der Waals surface area contributed by atoms with Crippen molar-refractivity contribution in [3.63, 3.8) is 0 Å². The number of nitriles is 1. The van der Waals surface area contributed by atoms with Crippen molar-refractivity contribution in [2.45, 2.75) is 6.92 Å². The molecule has 0 aliphatic heterocycles. The molecule has 0 atom stereocenters. The minimum Gasteiger partial charge on any atom is -0.311 e. The summed E-state index contributed by atoms with van der Waals surface area (Å²) < 4.78 is 13.5. The summed E-state index contributed by atoms with van der Waals surface area (Å²) in [6.07, 6.45) is 0. The molecule has 1 amide bonds. The summed E-state index contributed by atoms with van der Waals surface area (Å²) in [6, 6.07) is 13.1. The van der Waals surface area contributed by atoms with Gasteiger partial charge >= 0.3 is 0 Å². The first-order chi connectivity index (χ1) is 9.52. The number of carbonyl (C=O) groups is 1. The highest BCUT2D eigenvalue weighted by atomic mass is 19.1. The van der Waals surface area contributed by atoms with E-state index in [0.717, 1.165) is 0 Å². The van der Waals surface area contributed by atoms with Gasteiger partial charge in [0.2, 0.25) is 0 Å². The van der Waals surface area contributed by atoms with Crippen LogP contribution < -0.4 is 4.90 Å². The van der Waals surface area contributed by atoms with Gasteiger partial charge in [-0.25, -0.2) is 4.39 Å². The fourth-order valence-electron chi connectivity index (χ4n) is 1.80. The molecule has 4 heteroatoms. The molecule has 100 valence electrons. The van der Waals surface area contributed by atoms with Gasteiger partial charge in [0.05, 0.1) is 11.6 Å². The molecule has 0 saturated heterocycles. The predicted molar refractivity (Wildman–Crippen MR) is 75.0 cm³/mol. The van der Waals surface area contributed by atoms with Gasteiger partial charge in [0.1, 0.15) is 5.82 Å². The molecule has 0 N–H and O–H groups in total. The number of hydrogen-bond acceptors (Lipinski definition) is 2. The first kappa shape index (κ1) is 13.8. The first-order valence-electron chi connectivity index (χ1n) is 6.07. The van der Waals surface area contributed by atoms with Crippen LogP contribution >= 0.6 is 0 Å². The standard InChI is InChI=1S/C16H13FN2O/c1-11-3-6-13(9-15(11)17)16(20)19(2)14-7-4-12(10-18)5-8-14/h3-9H,1-2H3. The quantitative estimate of drug-likeness (QED) is 0.839. The average Bonchev–Trinajstić information content (AvgIpc) is 2.48. The second-order valence-corrected chi connectivity index (χ2v) is 4.49. The molecule has 0 bridgehead atoms. The molecule has 20 heavy (non-hydrogen) atoms. The molecule has 0 aromatic heterocycles. The van der Waals surface area contributed by atoms with Gasteiger partial charge < -0.3 is 4.90 Å².